The quantitative estimate of drug-likeness (QED) is 0.740. The molecule has 0 aliphatic carbocycles. The molecular weight excluding hydrogens is 274 g/mol. The van der Waals surface area contributed by atoms with Crippen LogP contribution in [0.3, 0.4) is 0 Å². The number of ether oxygens (including phenoxy) is 1. The van der Waals surface area contributed by atoms with Gasteiger partial charge in [0, 0.05) is 37.4 Å². The average molecular weight is 293 g/mol. The Morgan fingerprint density at radius 3 is 2.73 bits per heavy atom. The van der Waals surface area contributed by atoms with Crippen molar-refractivity contribution in [3.05, 3.63) is 60.4 Å². The van der Waals surface area contributed by atoms with Gasteiger partial charge in [0.25, 0.3) is 0 Å². The molecule has 1 aliphatic rings. The monoisotopic (exact) mass is 293 g/mol. The number of aromatic nitrogens is 2. The van der Waals surface area contributed by atoms with Gasteiger partial charge in [-0.2, -0.15) is 0 Å². The lowest BCUT2D eigenvalue weighted by molar-refractivity contribution is 0.101. The Morgan fingerprint density at radius 2 is 1.95 bits per heavy atom. The van der Waals surface area contributed by atoms with Crippen LogP contribution in [0, 0.1) is 0 Å². The Morgan fingerprint density at radius 1 is 1.14 bits per heavy atom. The summed E-state index contributed by atoms with van der Waals surface area (Å²) in [4.78, 5) is 6.96. The maximum absolute atomic E-state index is 5.20. The molecule has 0 saturated carbocycles. The molecule has 22 heavy (non-hydrogen) atoms. The summed E-state index contributed by atoms with van der Waals surface area (Å²) in [5, 5.41) is 1.22. The van der Waals surface area contributed by atoms with Crippen molar-refractivity contribution in [2.24, 2.45) is 0 Å². The fourth-order valence-corrected chi connectivity index (χ4v) is 3.12. The Hall–Kier alpha value is -2.33. The molecule has 0 unspecified atom stereocenters. The van der Waals surface area contributed by atoms with Gasteiger partial charge in [-0.25, -0.2) is 4.98 Å². The summed E-state index contributed by atoms with van der Waals surface area (Å²) in [7, 11) is 1.70. The predicted octanol–water partition coefficient (Wildman–Crippen LogP) is 3.10. The molecule has 1 saturated heterocycles. The minimum absolute atomic E-state index is 0.533. The van der Waals surface area contributed by atoms with E-state index in [4.69, 9.17) is 4.74 Å². The van der Waals surface area contributed by atoms with Crippen LogP contribution in [0.4, 0.5) is 0 Å². The number of benzene rings is 1. The molecule has 1 aliphatic heterocycles. The van der Waals surface area contributed by atoms with Gasteiger partial charge in [-0.05, 0) is 35.9 Å². The molecule has 0 atom stereocenters. The van der Waals surface area contributed by atoms with Crippen molar-refractivity contribution in [2.75, 3.05) is 20.2 Å². The molecule has 112 valence electrons. The van der Waals surface area contributed by atoms with E-state index in [1.165, 1.54) is 10.9 Å². The largest absolute Gasteiger partial charge is 0.497 e. The zero-order chi connectivity index (χ0) is 14.9. The second kappa shape index (κ2) is 5.46. The van der Waals surface area contributed by atoms with Crippen molar-refractivity contribution in [1.29, 1.82) is 0 Å². The molecular formula is C18H19N3O. The topological polar surface area (TPSA) is 30.3 Å². The molecule has 1 fully saturated rings. The third-order valence-corrected chi connectivity index (χ3v) is 4.37. The molecule has 4 nitrogen and oxygen atoms in total. The lowest BCUT2D eigenvalue weighted by Gasteiger charge is -2.40. The Kier molecular flexibility index (Phi) is 3.31. The van der Waals surface area contributed by atoms with Gasteiger partial charge in [0.1, 0.15) is 11.4 Å². The molecule has 0 radical (unpaired) electrons. The van der Waals surface area contributed by atoms with Crippen LogP contribution in [0.15, 0.2) is 54.9 Å². The van der Waals surface area contributed by atoms with Gasteiger partial charge in [0.15, 0.2) is 0 Å². The molecule has 3 heterocycles. The summed E-state index contributed by atoms with van der Waals surface area (Å²) in [5.74, 6) is 0.912. The molecule has 4 heteroatoms. The number of nitrogens with zero attached hydrogens (tertiary/aromatic N) is 3. The molecule has 0 spiro atoms. The van der Waals surface area contributed by atoms with E-state index in [0.29, 0.717) is 6.04 Å². The van der Waals surface area contributed by atoms with Crippen LogP contribution in [0.25, 0.3) is 11.0 Å². The average Bonchev–Trinajstić information content (AvgIpc) is 2.95. The highest BCUT2D eigenvalue weighted by atomic mass is 16.5. The van der Waals surface area contributed by atoms with E-state index >= 15 is 0 Å². The maximum atomic E-state index is 5.20. The predicted molar refractivity (Wildman–Crippen MR) is 87.0 cm³/mol. The van der Waals surface area contributed by atoms with Gasteiger partial charge in [0.05, 0.1) is 13.2 Å². The van der Waals surface area contributed by atoms with Crippen molar-refractivity contribution in [2.45, 2.75) is 12.6 Å². The first-order valence-corrected chi connectivity index (χ1v) is 7.60. The number of fused-ring (bicyclic) bond motifs is 1. The summed E-state index contributed by atoms with van der Waals surface area (Å²) < 4.78 is 7.50. The number of likely N-dealkylation sites (tertiary alicyclic amines) is 1. The smallest absolute Gasteiger partial charge is 0.140 e. The first-order valence-electron chi connectivity index (χ1n) is 7.60. The molecule has 4 rings (SSSR count). The summed E-state index contributed by atoms with van der Waals surface area (Å²) in [6, 6.07) is 15.1. The van der Waals surface area contributed by atoms with Crippen LogP contribution < -0.4 is 4.74 Å². The SMILES string of the molecule is COc1ccc(CN2CC(n3ccc4cccnc43)C2)cc1. The highest BCUT2D eigenvalue weighted by molar-refractivity contribution is 5.75. The molecule has 0 bridgehead atoms. The van der Waals surface area contributed by atoms with Gasteiger partial charge in [-0.1, -0.05) is 12.1 Å². The van der Waals surface area contributed by atoms with Crippen LogP contribution >= 0.6 is 0 Å². The lowest BCUT2D eigenvalue weighted by atomic mass is 10.1. The minimum Gasteiger partial charge on any atom is -0.497 e. The maximum Gasteiger partial charge on any atom is 0.140 e. The van der Waals surface area contributed by atoms with E-state index in [2.05, 4.69) is 44.9 Å². The third kappa shape index (κ3) is 2.35. The number of methoxy groups -OCH3 is 1. The second-order valence-corrected chi connectivity index (χ2v) is 5.84. The van der Waals surface area contributed by atoms with Crippen LogP contribution in [0.5, 0.6) is 5.75 Å². The van der Waals surface area contributed by atoms with Crippen molar-refractivity contribution >= 4 is 11.0 Å². The van der Waals surface area contributed by atoms with E-state index in [1.54, 1.807) is 7.11 Å². The number of hydrogen-bond donors (Lipinski definition) is 0. The summed E-state index contributed by atoms with van der Waals surface area (Å²) in [6.07, 6.45) is 4.03. The normalized spacial score (nSPS) is 15.9. The van der Waals surface area contributed by atoms with Crippen molar-refractivity contribution in [3.8, 4) is 5.75 Å². The fraction of sp³-hybridized carbons (Fsp3) is 0.278. The zero-order valence-corrected chi connectivity index (χ0v) is 12.6. The van der Waals surface area contributed by atoms with E-state index in [9.17, 15) is 0 Å². The van der Waals surface area contributed by atoms with Gasteiger partial charge in [-0.3, -0.25) is 4.90 Å². The Balaban J connectivity index is 1.41. The highest BCUT2D eigenvalue weighted by Crippen LogP contribution is 2.27. The minimum atomic E-state index is 0.533. The van der Waals surface area contributed by atoms with Crippen LogP contribution in [-0.4, -0.2) is 34.7 Å². The Bertz CT molecular complexity index is 772. The number of hydrogen-bond acceptors (Lipinski definition) is 3. The molecule has 3 aromatic rings. The molecule has 1 aromatic carbocycles. The van der Waals surface area contributed by atoms with Gasteiger partial charge < -0.3 is 9.30 Å². The number of pyridine rings is 1. The first-order chi connectivity index (χ1) is 10.8. The fourth-order valence-electron chi connectivity index (χ4n) is 3.12. The molecule has 0 N–H and O–H groups in total. The summed E-state index contributed by atoms with van der Waals surface area (Å²) in [6.45, 7) is 3.14. The first kappa shape index (κ1) is 13.3. The van der Waals surface area contributed by atoms with Crippen LogP contribution in [-0.2, 0) is 6.54 Å². The number of rotatable bonds is 4. The summed E-state index contributed by atoms with van der Waals surface area (Å²) >= 11 is 0. The van der Waals surface area contributed by atoms with Gasteiger partial charge in [-0.15, -0.1) is 0 Å². The van der Waals surface area contributed by atoms with E-state index in [-0.39, 0.29) is 0 Å². The zero-order valence-electron chi connectivity index (χ0n) is 12.6. The molecule has 2 aromatic heterocycles. The van der Waals surface area contributed by atoms with Crippen molar-refractivity contribution in [3.63, 3.8) is 0 Å². The van der Waals surface area contributed by atoms with E-state index in [0.717, 1.165) is 31.0 Å². The standard InChI is InChI=1S/C18H19N3O/c1-22-17-6-4-14(5-7-17)11-20-12-16(13-20)21-10-8-15-3-2-9-19-18(15)21/h2-10,16H,11-13H2,1H3. The van der Waals surface area contributed by atoms with Crippen molar-refractivity contribution in [1.82, 2.24) is 14.5 Å². The lowest BCUT2D eigenvalue weighted by Crippen LogP contribution is -2.46. The van der Waals surface area contributed by atoms with Gasteiger partial charge >= 0.3 is 0 Å². The van der Waals surface area contributed by atoms with E-state index < -0.39 is 0 Å². The van der Waals surface area contributed by atoms with Crippen LogP contribution in [0.1, 0.15) is 11.6 Å². The second-order valence-electron chi connectivity index (χ2n) is 5.84. The van der Waals surface area contributed by atoms with Gasteiger partial charge in [0.2, 0.25) is 0 Å². The third-order valence-electron chi connectivity index (χ3n) is 4.37. The summed E-state index contributed by atoms with van der Waals surface area (Å²) in [5.41, 5.74) is 2.42. The highest BCUT2D eigenvalue weighted by Gasteiger charge is 2.28. The van der Waals surface area contributed by atoms with Crippen molar-refractivity contribution < 1.29 is 4.74 Å². The van der Waals surface area contributed by atoms with E-state index in [1.807, 2.05) is 24.4 Å². The molecule has 0 amide bonds. The Labute approximate surface area is 130 Å². The van der Waals surface area contributed by atoms with Crippen LogP contribution in [0.2, 0.25) is 0 Å².